The Morgan fingerprint density at radius 1 is 1.56 bits per heavy atom. The number of aryl methyl sites for hydroxylation is 1. The van der Waals surface area contributed by atoms with Crippen molar-refractivity contribution in [3.05, 3.63) is 31.8 Å². The summed E-state index contributed by atoms with van der Waals surface area (Å²) >= 11 is 1.34. The van der Waals surface area contributed by atoms with E-state index in [0.29, 0.717) is 10.2 Å². The van der Waals surface area contributed by atoms with Crippen LogP contribution in [0.1, 0.15) is 11.8 Å². The maximum absolute atomic E-state index is 11.9. The van der Waals surface area contributed by atoms with Crippen LogP contribution in [0.5, 0.6) is 0 Å². The maximum atomic E-state index is 11.9. The second-order valence-corrected chi connectivity index (χ2v) is 5.05. The van der Waals surface area contributed by atoms with Crippen LogP contribution in [0.2, 0.25) is 0 Å². The minimum absolute atomic E-state index is 0.0149. The molecule has 2 heterocycles. The number of hydrogen-bond acceptors (Lipinski definition) is 4. The summed E-state index contributed by atoms with van der Waals surface area (Å²) in [5.41, 5.74) is -0.242. The van der Waals surface area contributed by atoms with Crippen molar-refractivity contribution in [3.8, 4) is 0 Å². The maximum Gasteiger partial charge on any atom is 0.328 e. The third-order valence-corrected chi connectivity index (χ3v) is 3.27. The Morgan fingerprint density at radius 2 is 2.25 bits per heavy atom. The van der Waals surface area contributed by atoms with Gasteiger partial charge in [0.25, 0.3) is 5.56 Å². The molecule has 2 N–H and O–H groups in total. The number of hydrogen-bond donors (Lipinski definition) is 2. The van der Waals surface area contributed by atoms with Crippen molar-refractivity contribution in [3.63, 3.8) is 0 Å². The lowest BCUT2D eigenvalue weighted by molar-refractivity contribution is 0.170. The van der Waals surface area contributed by atoms with Crippen LogP contribution in [0, 0.1) is 6.92 Å². The predicted octanol–water partition coefficient (Wildman–Crippen LogP) is 0.441. The molecule has 86 valence electrons. The van der Waals surface area contributed by atoms with Gasteiger partial charge in [0.2, 0.25) is 0 Å². The molecule has 16 heavy (non-hydrogen) atoms. The smallest absolute Gasteiger partial charge is 0.328 e. The van der Waals surface area contributed by atoms with Crippen LogP contribution in [-0.2, 0) is 6.54 Å². The van der Waals surface area contributed by atoms with E-state index in [1.165, 1.54) is 18.3 Å². The first-order valence-corrected chi connectivity index (χ1v) is 5.72. The number of aromatic nitrogens is 2. The lowest BCUT2D eigenvalue weighted by atomic mass is 10.4. The number of aliphatic hydroxyl groups excluding tert-OH is 1. The van der Waals surface area contributed by atoms with Crippen molar-refractivity contribution < 1.29 is 5.11 Å². The molecule has 0 aliphatic rings. The van der Waals surface area contributed by atoms with Gasteiger partial charge in [-0.15, -0.1) is 11.3 Å². The fourth-order valence-corrected chi connectivity index (χ4v) is 2.51. The van der Waals surface area contributed by atoms with Crippen LogP contribution < -0.4 is 11.2 Å². The largest absolute Gasteiger partial charge is 0.392 e. The quantitative estimate of drug-likeness (QED) is 0.799. The van der Waals surface area contributed by atoms with Crippen LogP contribution in [0.25, 0.3) is 10.2 Å². The van der Waals surface area contributed by atoms with Crippen LogP contribution in [0.15, 0.2) is 15.7 Å². The molecule has 6 heteroatoms. The Kier molecular flexibility index (Phi) is 2.69. The van der Waals surface area contributed by atoms with Gasteiger partial charge in [-0.1, -0.05) is 0 Å². The second-order valence-electron chi connectivity index (χ2n) is 3.79. The zero-order valence-electron chi connectivity index (χ0n) is 8.98. The molecule has 0 fully saturated rings. The SMILES string of the molecule is Cc1cc2[nH]c(=O)n(CC(C)O)c(=O)c2s1. The monoisotopic (exact) mass is 240 g/mol. The van der Waals surface area contributed by atoms with Gasteiger partial charge in [0.05, 0.1) is 18.2 Å². The molecule has 2 aromatic heterocycles. The van der Waals surface area contributed by atoms with Gasteiger partial charge in [-0.2, -0.15) is 0 Å². The van der Waals surface area contributed by atoms with Crippen LogP contribution >= 0.6 is 11.3 Å². The Labute approximate surface area is 95.0 Å². The molecule has 1 atom stereocenters. The normalized spacial score (nSPS) is 13.2. The summed E-state index contributed by atoms with van der Waals surface area (Å²) in [5, 5.41) is 9.22. The minimum Gasteiger partial charge on any atom is -0.392 e. The van der Waals surface area contributed by atoms with Crippen molar-refractivity contribution in [2.45, 2.75) is 26.5 Å². The standard InChI is InChI=1S/C10H12N2O3S/c1-5(13)4-12-9(14)8-7(11-10(12)15)3-6(2)16-8/h3,5,13H,4H2,1-2H3,(H,11,15). The van der Waals surface area contributed by atoms with Crippen LogP contribution in [0.4, 0.5) is 0 Å². The molecule has 0 spiro atoms. The summed E-state index contributed by atoms with van der Waals surface area (Å²) in [6, 6.07) is 1.77. The number of H-pyrrole nitrogens is 1. The number of nitrogens with one attached hydrogen (secondary N) is 1. The number of fused-ring (bicyclic) bond motifs is 1. The van der Waals surface area contributed by atoms with E-state index < -0.39 is 11.8 Å². The van der Waals surface area contributed by atoms with Gasteiger partial charge in [0.15, 0.2) is 0 Å². The van der Waals surface area contributed by atoms with E-state index in [4.69, 9.17) is 0 Å². The minimum atomic E-state index is -0.725. The summed E-state index contributed by atoms with van der Waals surface area (Å²) in [7, 11) is 0. The Morgan fingerprint density at radius 3 is 2.88 bits per heavy atom. The van der Waals surface area contributed by atoms with E-state index in [-0.39, 0.29) is 12.1 Å². The zero-order valence-corrected chi connectivity index (χ0v) is 9.80. The average molecular weight is 240 g/mol. The third-order valence-electron chi connectivity index (χ3n) is 2.23. The topological polar surface area (TPSA) is 75.1 Å². The lowest BCUT2D eigenvalue weighted by Gasteiger charge is -2.06. The molecule has 0 saturated heterocycles. The molecule has 0 aromatic carbocycles. The molecule has 0 aliphatic carbocycles. The molecular formula is C10H12N2O3S. The molecule has 0 bridgehead atoms. The Bertz CT molecular complexity index is 636. The first-order valence-electron chi connectivity index (χ1n) is 4.90. The summed E-state index contributed by atoms with van der Waals surface area (Å²) in [5.74, 6) is 0. The van der Waals surface area contributed by atoms with Gasteiger partial charge in [-0.05, 0) is 19.9 Å². The average Bonchev–Trinajstić information content (AvgIpc) is 2.53. The number of aromatic amines is 1. The van der Waals surface area contributed by atoms with Gasteiger partial charge in [-0.3, -0.25) is 9.36 Å². The molecular weight excluding hydrogens is 228 g/mol. The van der Waals surface area contributed by atoms with E-state index in [0.717, 1.165) is 9.44 Å². The molecule has 2 rings (SSSR count). The molecule has 0 amide bonds. The second kappa shape index (κ2) is 3.88. The molecule has 0 saturated carbocycles. The van der Waals surface area contributed by atoms with E-state index in [2.05, 4.69) is 4.98 Å². The van der Waals surface area contributed by atoms with Gasteiger partial charge in [-0.25, -0.2) is 4.79 Å². The fraction of sp³-hybridized carbons (Fsp3) is 0.400. The van der Waals surface area contributed by atoms with Gasteiger partial charge in [0.1, 0.15) is 4.70 Å². The van der Waals surface area contributed by atoms with Gasteiger partial charge in [0, 0.05) is 4.88 Å². The number of rotatable bonds is 2. The van der Waals surface area contributed by atoms with Crippen LogP contribution in [-0.4, -0.2) is 20.8 Å². The van der Waals surface area contributed by atoms with Gasteiger partial charge >= 0.3 is 5.69 Å². The predicted molar refractivity (Wildman–Crippen MR) is 63.1 cm³/mol. The van der Waals surface area contributed by atoms with E-state index in [1.807, 2.05) is 6.92 Å². The van der Waals surface area contributed by atoms with Crippen molar-refractivity contribution in [2.75, 3.05) is 0 Å². The number of aliphatic hydroxyl groups is 1. The Hall–Kier alpha value is -1.40. The zero-order chi connectivity index (χ0) is 11.9. The summed E-state index contributed by atoms with van der Waals surface area (Å²) in [4.78, 5) is 27.1. The Balaban J connectivity index is 2.75. The number of nitrogens with zero attached hydrogens (tertiary/aromatic N) is 1. The third kappa shape index (κ3) is 1.81. The highest BCUT2D eigenvalue weighted by atomic mass is 32.1. The molecule has 2 aromatic rings. The summed E-state index contributed by atoms with van der Waals surface area (Å²) < 4.78 is 1.56. The van der Waals surface area contributed by atoms with E-state index in [9.17, 15) is 14.7 Å². The molecule has 1 unspecified atom stereocenters. The summed E-state index contributed by atoms with van der Waals surface area (Å²) in [6.45, 7) is 3.43. The highest BCUT2D eigenvalue weighted by Gasteiger charge is 2.11. The van der Waals surface area contributed by atoms with Crippen molar-refractivity contribution >= 4 is 21.6 Å². The van der Waals surface area contributed by atoms with Gasteiger partial charge < -0.3 is 10.1 Å². The summed E-state index contributed by atoms with van der Waals surface area (Å²) in [6.07, 6.45) is -0.725. The van der Waals surface area contributed by atoms with Crippen molar-refractivity contribution in [1.29, 1.82) is 0 Å². The van der Waals surface area contributed by atoms with Crippen molar-refractivity contribution in [2.24, 2.45) is 0 Å². The highest BCUT2D eigenvalue weighted by Crippen LogP contribution is 2.18. The van der Waals surface area contributed by atoms with Crippen molar-refractivity contribution in [1.82, 2.24) is 9.55 Å². The lowest BCUT2D eigenvalue weighted by Crippen LogP contribution is -2.37. The fourth-order valence-electron chi connectivity index (χ4n) is 1.59. The molecule has 0 aliphatic heterocycles. The first kappa shape index (κ1) is 11.1. The highest BCUT2D eigenvalue weighted by molar-refractivity contribution is 7.18. The molecule has 0 radical (unpaired) electrons. The molecule has 5 nitrogen and oxygen atoms in total. The van der Waals surface area contributed by atoms with E-state index in [1.54, 1.807) is 6.07 Å². The first-order chi connectivity index (χ1) is 7.49. The van der Waals surface area contributed by atoms with Crippen LogP contribution in [0.3, 0.4) is 0 Å². The van der Waals surface area contributed by atoms with E-state index >= 15 is 0 Å². The number of thiophene rings is 1.